The minimum Gasteiger partial charge on any atom is -0.0616 e. The summed E-state index contributed by atoms with van der Waals surface area (Å²) in [5, 5.41) is 7.84. The normalized spacial score (nSPS) is 12.1. The Labute approximate surface area is 166 Å². The van der Waals surface area contributed by atoms with Crippen molar-refractivity contribution in [2.45, 2.75) is 26.2 Å². The summed E-state index contributed by atoms with van der Waals surface area (Å²) in [5.41, 5.74) is 4.12. The predicted molar refractivity (Wildman–Crippen MR) is 123 cm³/mol. The van der Waals surface area contributed by atoms with Gasteiger partial charge in [0.15, 0.2) is 0 Å². The first-order chi connectivity index (χ1) is 13.5. The van der Waals surface area contributed by atoms with Gasteiger partial charge in [0.05, 0.1) is 0 Å². The van der Waals surface area contributed by atoms with Crippen molar-refractivity contribution in [1.82, 2.24) is 0 Å². The van der Waals surface area contributed by atoms with Crippen molar-refractivity contribution < 1.29 is 0 Å². The molecule has 0 unspecified atom stereocenters. The zero-order valence-corrected chi connectivity index (χ0v) is 16.7. The Morgan fingerprint density at radius 2 is 1.14 bits per heavy atom. The van der Waals surface area contributed by atoms with Gasteiger partial charge in [0, 0.05) is 0 Å². The summed E-state index contributed by atoms with van der Waals surface area (Å²) in [6, 6.07) is 33.5. The molecule has 5 aromatic carbocycles. The van der Waals surface area contributed by atoms with Gasteiger partial charge in [-0.2, -0.15) is 0 Å². The van der Waals surface area contributed by atoms with Gasteiger partial charge in [0.1, 0.15) is 0 Å². The van der Waals surface area contributed by atoms with Crippen molar-refractivity contribution in [3.63, 3.8) is 0 Å². The molecule has 136 valence electrons. The number of rotatable bonds is 1. The van der Waals surface area contributed by atoms with Crippen LogP contribution in [0.5, 0.6) is 0 Å². The SMILES string of the molecule is CC(C)(C)c1ccc2cc(-c3cc4ccccc4c4ccccc34)ccc2c1. The average molecular weight is 361 g/mol. The minimum absolute atomic E-state index is 0.168. The van der Waals surface area contributed by atoms with E-state index in [-0.39, 0.29) is 5.41 Å². The first-order valence-corrected chi connectivity index (χ1v) is 9.96. The molecule has 0 radical (unpaired) electrons. The van der Waals surface area contributed by atoms with Gasteiger partial charge in [-0.3, -0.25) is 0 Å². The van der Waals surface area contributed by atoms with E-state index in [2.05, 4.69) is 112 Å². The lowest BCUT2D eigenvalue weighted by atomic mass is 9.85. The van der Waals surface area contributed by atoms with E-state index in [0.29, 0.717) is 0 Å². The molecule has 0 saturated heterocycles. The summed E-state index contributed by atoms with van der Waals surface area (Å²) in [4.78, 5) is 0. The second kappa shape index (κ2) is 6.21. The average Bonchev–Trinajstić information content (AvgIpc) is 2.72. The Hall–Kier alpha value is -3.12. The van der Waals surface area contributed by atoms with Crippen LogP contribution in [0, 0.1) is 0 Å². The largest absolute Gasteiger partial charge is 0.0616 e. The standard InChI is InChI=1S/C28H24/c1-28(2,3)23-15-14-19-16-22(13-12-20(19)17-23)27-18-21-8-4-5-9-24(21)25-10-6-7-11-26(25)27/h4-18H,1-3H3. The van der Waals surface area contributed by atoms with Crippen molar-refractivity contribution in [2.24, 2.45) is 0 Å². The van der Waals surface area contributed by atoms with E-state index < -0.39 is 0 Å². The molecule has 5 aromatic rings. The van der Waals surface area contributed by atoms with Crippen LogP contribution >= 0.6 is 0 Å². The number of hydrogen-bond acceptors (Lipinski definition) is 0. The fourth-order valence-electron chi connectivity index (χ4n) is 4.17. The predicted octanol–water partition coefficient (Wildman–Crippen LogP) is 8.11. The highest BCUT2D eigenvalue weighted by molar-refractivity contribution is 6.14. The van der Waals surface area contributed by atoms with Gasteiger partial charge in [-0.25, -0.2) is 0 Å². The maximum absolute atomic E-state index is 2.34. The molecule has 0 saturated carbocycles. The van der Waals surface area contributed by atoms with Crippen LogP contribution in [0.4, 0.5) is 0 Å². The number of benzene rings is 5. The topological polar surface area (TPSA) is 0 Å². The summed E-state index contributed by atoms with van der Waals surface area (Å²) in [6.07, 6.45) is 0. The molecule has 0 nitrogen and oxygen atoms in total. The summed E-state index contributed by atoms with van der Waals surface area (Å²) in [7, 11) is 0. The molecular formula is C28H24. The Kier molecular flexibility index (Phi) is 3.77. The molecule has 28 heavy (non-hydrogen) atoms. The third kappa shape index (κ3) is 2.77. The molecule has 0 N–H and O–H groups in total. The minimum atomic E-state index is 0.168. The molecule has 0 heterocycles. The highest BCUT2D eigenvalue weighted by Crippen LogP contribution is 2.36. The summed E-state index contributed by atoms with van der Waals surface area (Å²) < 4.78 is 0. The molecule has 0 heteroatoms. The molecule has 0 aliphatic heterocycles. The lowest BCUT2D eigenvalue weighted by Gasteiger charge is -2.19. The Morgan fingerprint density at radius 3 is 1.93 bits per heavy atom. The second-order valence-corrected chi connectivity index (χ2v) is 8.72. The van der Waals surface area contributed by atoms with Gasteiger partial charge in [0.25, 0.3) is 0 Å². The number of fused-ring (bicyclic) bond motifs is 4. The van der Waals surface area contributed by atoms with Crippen molar-refractivity contribution in [2.75, 3.05) is 0 Å². The zero-order chi connectivity index (χ0) is 19.3. The quantitative estimate of drug-likeness (QED) is 0.265. The van der Waals surface area contributed by atoms with E-state index in [1.54, 1.807) is 0 Å². The van der Waals surface area contributed by atoms with E-state index >= 15 is 0 Å². The molecule has 0 amide bonds. The first kappa shape index (κ1) is 17.0. The lowest BCUT2D eigenvalue weighted by molar-refractivity contribution is 0.591. The van der Waals surface area contributed by atoms with Crippen LogP contribution in [0.2, 0.25) is 0 Å². The van der Waals surface area contributed by atoms with E-state index in [4.69, 9.17) is 0 Å². The molecule has 0 bridgehead atoms. The van der Waals surface area contributed by atoms with Crippen LogP contribution in [0.3, 0.4) is 0 Å². The fourth-order valence-corrected chi connectivity index (χ4v) is 4.17. The van der Waals surface area contributed by atoms with Gasteiger partial charge in [-0.05, 0) is 66.6 Å². The monoisotopic (exact) mass is 360 g/mol. The molecule has 0 atom stereocenters. The van der Waals surface area contributed by atoms with Crippen LogP contribution in [-0.4, -0.2) is 0 Å². The molecule has 0 aliphatic carbocycles. The van der Waals surface area contributed by atoms with Gasteiger partial charge in [-0.15, -0.1) is 0 Å². The van der Waals surface area contributed by atoms with E-state index in [1.807, 2.05) is 0 Å². The molecule has 0 aliphatic rings. The maximum atomic E-state index is 2.34. The Balaban J connectivity index is 1.76. The van der Waals surface area contributed by atoms with Crippen LogP contribution in [0.15, 0.2) is 91.0 Å². The third-order valence-electron chi connectivity index (χ3n) is 5.79. The van der Waals surface area contributed by atoms with Crippen molar-refractivity contribution in [1.29, 1.82) is 0 Å². The van der Waals surface area contributed by atoms with Crippen LogP contribution in [0.25, 0.3) is 43.4 Å². The first-order valence-electron chi connectivity index (χ1n) is 9.96. The second-order valence-electron chi connectivity index (χ2n) is 8.72. The Bertz CT molecular complexity index is 1330. The highest BCUT2D eigenvalue weighted by Gasteiger charge is 2.14. The van der Waals surface area contributed by atoms with Crippen LogP contribution in [0.1, 0.15) is 26.3 Å². The highest BCUT2D eigenvalue weighted by atomic mass is 14.2. The molecule has 0 fully saturated rings. The smallest absolute Gasteiger partial charge is 0.00988 e. The summed E-state index contributed by atoms with van der Waals surface area (Å²) in [6.45, 7) is 6.80. The van der Waals surface area contributed by atoms with Crippen molar-refractivity contribution in [3.05, 3.63) is 96.6 Å². The third-order valence-corrected chi connectivity index (χ3v) is 5.79. The number of hydrogen-bond donors (Lipinski definition) is 0. The van der Waals surface area contributed by atoms with Gasteiger partial charge in [0.2, 0.25) is 0 Å². The molecule has 0 spiro atoms. The van der Waals surface area contributed by atoms with Gasteiger partial charge >= 0.3 is 0 Å². The van der Waals surface area contributed by atoms with Crippen LogP contribution in [-0.2, 0) is 5.41 Å². The lowest BCUT2D eigenvalue weighted by Crippen LogP contribution is -2.10. The zero-order valence-electron chi connectivity index (χ0n) is 16.7. The molecular weight excluding hydrogens is 336 g/mol. The van der Waals surface area contributed by atoms with E-state index in [0.717, 1.165) is 0 Å². The van der Waals surface area contributed by atoms with Gasteiger partial charge < -0.3 is 0 Å². The van der Waals surface area contributed by atoms with E-state index in [9.17, 15) is 0 Å². The summed E-state index contributed by atoms with van der Waals surface area (Å²) >= 11 is 0. The fraction of sp³-hybridized carbons (Fsp3) is 0.143. The molecule has 0 aromatic heterocycles. The van der Waals surface area contributed by atoms with Crippen molar-refractivity contribution >= 4 is 32.3 Å². The Morgan fingerprint density at radius 1 is 0.500 bits per heavy atom. The van der Waals surface area contributed by atoms with Crippen LogP contribution < -0.4 is 0 Å². The maximum Gasteiger partial charge on any atom is -0.00988 e. The van der Waals surface area contributed by atoms with Crippen molar-refractivity contribution in [3.8, 4) is 11.1 Å². The van der Waals surface area contributed by atoms with Gasteiger partial charge in [-0.1, -0.05) is 99.6 Å². The summed E-state index contributed by atoms with van der Waals surface area (Å²) in [5.74, 6) is 0. The molecule has 5 rings (SSSR count). The van der Waals surface area contributed by atoms with E-state index in [1.165, 1.54) is 49.0 Å².